The van der Waals surface area contributed by atoms with Crippen LogP contribution in [0.1, 0.15) is 44.2 Å². The Morgan fingerprint density at radius 1 is 0.864 bits per heavy atom. The third-order valence-electron chi connectivity index (χ3n) is 7.13. The number of carbonyl (C=O) groups is 3. The quantitative estimate of drug-likeness (QED) is 0.129. The monoisotopic (exact) mass is 761 g/mol. The predicted octanol–water partition coefficient (Wildman–Crippen LogP) is 4.22. The van der Waals surface area contributed by atoms with E-state index in [0.717, 1.165) is 0 Å². The number of esters is 3. The van der Waals surface area contributed by atoms with Crippen LogP contribution in [0, 0.1) is 6.20 Å². The fraction of sp³-hybridized carbons (Fsp3) is 0.188. The zero-order chi connectivity index (χ0) is 29.8. The topological polar surface area (TPSA) is 132 Å². The van der Waals surface area contributed by atoms with Crippen molar-refractivity contribution in [2.24, 2.45) is 0 Å². The van der Waals surface area contributed by atoms with Crippen molar-refractivity contribution in [1.29, 1.82) is 0 Å². The molecule has 0 amide bonds. The van der Waals surface area contributed by atoms with E-state index in [1.54, 1.807) is 102 Å². The van der Waals surface area contributed by atoms with E-state index in [4.69, 9.17) is 18.9 Å². The molecular formula is C32H25N4O7W-. The van der Waals surface area contributed by atoms with Crippen LogP contribution in [-0.2, 0) is 40.0 Å². The summed E-state index contributed by atoms with van der Waals surface area (Å²) in [6, 6.07) is 25.2. The van der Waals surface area contributed by atoms with Gasteiger partial charge in [-0.05, 0) is 49.5 Å². The first-order chi connectivity index (χ1) is 20.9. The number of nitrogens with zero attached hydrogens (tertiary/aromatic N) is 4. The van der Waals surface area contributed by atoms with Crippen LogP contribution >= 0.6 is 0 Å². The van der Waals surface area contributed by atoms with Crippen LogP contribution in [0.4, 0.5) is 0 Å². The number of benzene rings is 3. The summed E-state index contributed by atoms with van der Waals surface area (Å²) in [5.74, 6) is -1.94. The van der Waals surface area contributed by atoms with E-state index in [-0.39, 0.29) is 38.8 Å². The van der Waals surface area contributed by atoms with Gasteiger partial charge in [-0.15, -0.1) is 0 Å². The molecule has 1 aliphatic heterocycles. The molecule has 3 aromatic carbocycles. The van der Waals surface area contributed by atoms with Gasteiger partial charge >= 0.3 is 17.9 Å². The third-order valence-corrected chi connectivity index (χ3v) is 7.13. The van der Waals surface area contributed by atoms with Gasteiger partial charge in [0.15, 0.2) is 17.9 Å². The van der Waals surface area contributed by atoms with E-state index in [1.807, 2.05) is 0 Å². The zero-order valence-electron chi connectivity index (χ0n) is 23.3. The van der Waals surface area contributed by atoms with Gasteiger partial charge in [-0.2, -0.15) is 5.10 Å². The number of carbonyl (C=O) groups excluding carboxylic acids is 3. The molecule has 6 rings (SSSR count). The standard InChI is InChI=1S/C32H25N4O7.W/c1-32(43-30(39)23-15-9-4-10-16-23)27(42-29(38)22-13-7-3-8-14-22)26(19-40-28(37)21-11-5-2-6-12-21)41-31(32)36-20-33-24-17-34-35-18-25(24)36;/h2-16,18,20,26-27,31H,19H2,1H3;/q-1;/t26-,27-,31-,32-;/m1./s1. The molecule has 0 radical (unpaired) electrons. The van der Waals surface area contributed by atoms with Crippen LogP contribution in [0.5, 0.6) is 0 Å². The maximum absolute atomic E-state index is 13.5. The fourth-order valence-electron chi connectivity index (χ4n) is 4.99. The van der Waals surface area contributed by atoms with Crippen molar-refractivity contribution in [2.75, 3.05) is 6.61 Å². The van der Waals surface area contributed by atoms with E-state index in [0.29, 0.717) is 16.6 Å². The smallest absolute Gasteiger partial charge is 0.338 e. The van der Waals surface area contributed by atoms with Crippen molar-refractivity contribution in [3.8, 4) is 0 Å². The molecule has 0 bridgehead atoms. The Bertz CT molecular complexity index is 1750. The summed E-state index contributed by atoms with van der Waals surface area (Å²) in [6.07, 6.45) is 2.29. The first-order valence-corrected chi connectivity index (χ1v) is 13.4. The molecular weight excluding hydrogens is 736 g/mol. The molecule has 0 N–H and O–H groups in total. The minimum atomic E-state index is -1.64. The maximum Gasteiger partial charge on any atom is 0.338 e. The second kappa shape index (κ2) is 13.3. The van der Waals surface area contributed by atoms with Gasteiger partial charge in [0.2, 0.25) is 0 Å². The molecule has 222 valence electrons. The van der Waals surface area contributed by atoms with E-state index >= 15 is 0 Å². The molecule has 12 heteroatoms. The normalized spacial score (nSPS) is 20.8. The van der Waals surface area contributed by atoms with Gasteiger partial charge in [0, 0.05) is 21.1 Å². The summed E-state index contributed by atoms with van der Waals surface area (Å²) < 4.78 is 25.8. The zero-order valence-corrected chi connectivity index (χ0v) is 26.2. The minimum absolute atomic E-state index is 0. The van der Waals surface area contributed by atoms with Crippen molar-refractivity contribution in [2.45, 2.75) is 31.0 Å². The number of rotatable bonds is 8. The molecule has 4 atom stereocenters. The average Bonchev–Trinajstić information content (AvgIpc) is 3.59. The Morgan fingerprint density at radius 3 is 2.05 bits per heavy atom. The summed E-state index contributed by atoms with van der Waals surface area (Å²) in [7, 11) is 0. The Morgan fingerprint density at radius 2 is 1.43 bits per heavy atom. The van der Waals surface area contributed by atoms with Gasteiger partial charge in [0.25, 0.3) is 0 Å². The van der Waals surface area contributed by atoms with Crippen molar-refractivity contribution >= 4 is 28.9 Å². The number of hydrogen-bond donors (Lipinski definition) is 0. The summed E-state index contributed by atoms with van der Waals surface area (Å²) in [4.78, 5) is 44.1. The van der Waals surface area contributed by atoms with Crippen molar-refractivity contribution in [3.05, 3.63) is 126 Å². The van der Waals surface area contributed by atoms with Crippen LogP contribution in [-0.4, -0.2) is 62.1 Å². The van der Waals surface area contributed by atoms with Crippen LogP contribution in [0.25, 0.3) is 11.0 Å². The van der Waals surface area contributed by atoms with Gasteiger partial charge in [-0.1, -0.05) is 71.8 Å². The summed E-state index contributed by atoms with van der Waals surface area (Å²) in [6.45, 7) is 1.29. The Kier molecular flexibility index (Phi) is 9.27. The maximum atomic E-state index is 13.5. The molecule has 44 heavy (non-hydrogen) atoms. The Labute approximate surface area is 266 Å². The molecule has 0 aliphatic carbocycles. The number of aromatic nitrogens is 4. The van der Waals surface area contributed by atoms with Crippen molar-refractivity contribution in [1.82, 2.24) is 19.7 Å². The van der Waals surface area contributed by atoms with E-state index in [1.165, 1.54) is 12.5 Å². The second-order valence-electron chi connectivity index (χ2n) is 9.96. The average molecular weight is 761 g/mol. The second-order valence-corrected chi connectivity index (χ2v) is 9.96. The summed E-state index contributed by atoms with van der Waals surface area (Å²) in [5, 5.41) is 7.66. The predicted molar refractivity (Wildman–Crippen MR) is 151 cm³/mol. The molecule has 11 nitrogen and oxygen atoms in total. The molecule has 0 unspecified atom stereocenters. The fourth-order valence-corrected chi connectivity index (χ4v) is 4.99. The first kappa shape index (κ1) is 30.7. The number of ether oxygens (including phenoxy) is 4. The van der Waals surface area contributed by atoms with Gasteiger partial charge < -0.3 is 23.5 Å². The molecule has 2 aromatic heterocycles. The van der Waals surface area contributed by atoms with Crippen LogP contribution < -0.4 is 0 Å². The number of hydrogen-bond acceptors (Lipinski definition) is 10. The van der Waals surface area contributed by atoms with Gasteiger partial charge in [0.1, 0.15) is 12.7 Å². The Hall–Kier alpha value is -4.73. The van der Waals surface area contributed by atoms with E-state index < -0.39 is 41.9 Å². The number of imidazole rings is 1. The summed E-state index contributed by atoms with van der Waals surface area (Å²) in [5.41, 5.74) is 0.134. The van der Waals surface area contributed by atoms with Crippen LogP contribution in [0.15, 0.2) is 104 Å². The molecule has 3 heterocycles. The third kappa shape index (κ3) is 6.15. The van der Waals surface area contributed by atoms with Crippen LogP contribution in [0.2, 0.25) is 0 Å². The Balaban J connectivity index is 0.00000384. The summed E-state index contributed by atoms with van der Waals surface area (Å²) >= 11 is 0. The largest absolute Gasteiger partial charge is 0.459 e. The van der Waals surface area contributed by atoms with Crippen molar-refractivity contribution < 1.29 is 54.4 Å². The molecule has 1 saturated heterocycles. The molecule has 1 fully saturated rings. The molecule has 1 aliphatic rings. The molecule has 0 spiro atoms. The number of fused-ring (bicyclic) bond motifs is 1. The SMILES string of the molecule is C[C@@]1(OC(=O)c2ccccc2)[C@H](OC(=O)c2ccccc2)[C@@H](COC(=O)c2ccccc2)O[C@H]1n1cnc2[c-]nncc21.[W]. The van der Waals surface area contributed by atoms with Gasteiger partial charge in [-0.3, -0.25) is 10.1 Å². The molecule has 0 saturated carbocycles. The van der Waals surface area contributed by atoms with E-state index in [9.17, 15) is 14.4 Å². The molecule has 5 aromatic rings. The van der Waals surface area contributed by atoms with E-state index in [2.05, 4.69) is 21.4 Å². The van der Waals surface area contributed by atoms with Gasteiger partial charge in [-0.25, -0.2) is 14.4 Å². The van der Waals surface area contributed by atoms with Gasteiger partial charge in [0.05, 0.1) is 23.0 Å². The minimum Gasteiger partial charge on any atom is -0.459 e. The van der Waals surface area contributed by atoms with Crippen LogP contribution in [0.3, 0.4) is 0 Å². The first-order valence-electron chi connectivity index (χ1n) is 13.4. The van der Waals surface area contributed by atoms with Crippen molar-refractivity contribution in [3.63, 3.8) is 0 Å².